The zero-order valence-corrected chi connectivity index (χ0v) is 11.7. The van der Waals surface area contributed by atoms with E-state index in [1.807, 2.05) is 25.1 Å². The first-order valence-electron chi connectivity index (χ1n) is 4.76. The molecule has 1 rings (SSSR count). The first-order chi connectivity index (χ1) is 7.16. The van der Waals surface area contributed by atoms with Crippen LogP contribution in [0.5, 0.6) is 0 Å². The smallest absolute Gasteiger partial charge is 0.252 e. The summed E-state index contributed by atoms with van der Waals surface area (Å²) in [5, 5.41) is 3.77. The molecule has 1 aromatic carbocycles. The van der Waals surface area contributed by atoms with Gasteiger partial charge in [-0.15, -0.1) is 0 Å². The number of benzene rings is 1. The molecule has 0 aliphatic rings. The van der Waals surface area contributed by atoms with E-state index in [1.165, 1.54) is 0 Å². The highest BCUT2D eigenvalue weighted by molar-refractivity contribution is 9.10. The number of halogens is 2. The van der Waals surface area contributed by atoms with E-state index >= 15 is 0 Å². The largest absolute Gasteiger partial charge is 0.352 e. The van der Waals surface area contributed by atoms with E-state index in [4.69, 9.17) is 0 Å². The Bertz CT molecular complexity index is 352. The molecule has 0 aromatic heterocycles. The van der Waals surface area contributed by atoms with Gasteiger partial charge >= 0.3 is 0 Å². The van der Waals surface area contributed by atoms with Crippen LogP contribution in [0.3, 0.4) is 0 Å². The zero-order chi connectivity index (χ0) is 11.3. The fourth-order valence-electron chi connectivity index (χ4n) is 1.19. The Morgan fingerprint density at radius 1 is 1.47 bits per heavy atom. The SMILES string of the molecule is Cc1cccc(C(=O)NCCCBr)c1Br. The van der Waals surface area contributed by atoms with Gasteiger partial charge < -0.3 is 5.32 Å². The molecule has 0 fully saturated rings. The summed E-state index contributed by atoms with van der Waals surface area (Å²) in [7, 11) is 0. The summed E-state index contributed by atoms with van der Waals surface area (Å²) >= 11 is 6.74. The van der Waals surface area contributed by atoms with Crippen molar-refractivity contribution in [3.05, 3.63) is 33.8 Å². The van der Waals surface area contributed by atoms with Crippen molar-refractivity contribution in [3.8, 4) is 0 Å². The van der Waals surface area contributed by atoms with Crippen molar-refractivity contribution < 1.29 is 4.79 Å². The van der Waals surface area contributed by atoms with Gasteiger partial charge in [-0.1, -0.05) is 28.1 Å². The number of hydrogen-bond acceptors (Lipinski definition) is 1. The lowest BCUT2D eigenvalue weighted by atomic mass is 10.1. The molecule has 0 saturated carbocycles. The van der Waals surface area contributed by atoms with Crippen molar-refractivity contribution in [1.82, 2.24) is 5.32 Å². The Hall–Kier alpha value is -0.350. The average Bonchev–Trinajstić information content (AvgIpc) is 2.22. The van der Waals surface area contributed by atoms with Crippen molar-refractivity contribution in [3.63, 3.8) is 0 Å². The van der Waals surface area contributed by atoms with Crippen LogP contribution < -0.4 is 5.32 Å². The fraction of sp³-hybridized carbons (Fsp3) is 0.364. The molecule has 0 aliphatic heterocycles. The Morgan fingerprint density at radius 2 is 2.20 bits per heavy atom. The van der Waals surface area contributed by atoms with Gasteiger partial charge in [-0.3, -0.25) is 4.79 Å². The summed E-state index contributed by atoms with van der Waals surface area (Å²) in [6, 6.07) is 5.68. The predicted molar refractivity (Wildman–Crippen MR) is 69.6 cm³/mol. The number of alkyl halides is 1. The van der Waals surface area contributed by atoms with Crippen LogP contribution in [-0.4, -0.2) is 17.8 Å². The lowest BCUT2D eigenvalue weighted by Gasteiger charge is -2.07. The van der Waals surface area contributed by atoms with Gasteiger partial charge in [-0.05, 0) is 40.9 Å². The molecule has 0 saturated heterocycles. The number of aryl methyl sites for hydroxylation is 1. The summed E-state index contributed by atoms with van der Waals surface area (Å²) < 4.78 is 0.876. The van der Waals surface area contributed by atoms with Gasteiger partial charge in [0.05, 0.1) is 5.56 Å². The number of nitrogens with one attached hydrogen (secondary N) is 1. The van der Waals surface area contributed by atoms with E-state index in [9.17, 15) is 4.79 Å². The van der Waals surface area contributed by atoms with Crippen molar-refractivity contribution >= 4 is 37.8 Å². The summed E-state index contributed by atoms with van der Waals surface area (Å²) in [6.07, 6.45) is 0.940. The summed E-state index contributed by atoms with van der Waals surface area (Å²) in [5.74, 6) is -0.0217. The van der Waals surface area contributed by atoms with Crippen LogP contribution in [0.1, 0.15) is 22.3 Å². The molecular formula is C11H13Br2NO. The van der Waals surface area contributed by atoms with Crippen LogP contribution in [0.4, 0.5) is 0 Å². The molecule has 0 aliphatic carbocycles. The van der Waals surface area contributed by atoms with Gasteiger partial charge in [0.1, 0.15) is 0 Å². The molecule has 0 radical (unpaired) electrons. The Balaban J connectivity index is 2.69. The molecule has 0 heterocycles. The Morgan fingerprint density at radius 3 is 2.87 bits per heavy atom. The molecule has 1 amide bonds. The maximum Gasteiger partial charge on any atom is 0.252 e. The van der Waals surface area contributed by atoms with Gasteiger partial charge in [-0.2, -0.15) is 0 Å². The van der Waals surface area contributed by atoms with Crippen LogP contribution >= 0.6 is 31.9 Å². The van der Waals surface area contributed by atoms with Crippen LogP contribution in [-0.2, 0) is 0 Å². The molecule has 4 heteroatoms. The lowest BCUT2D eigenvalue weighted by Crippen LogP contribution is -2.25. The summed E-state index contributed by atoms with van der Waals surface area (Å²) in [5.41, 5.74) is 1.77. The molecule has 1 aromatic rings. The van der Waals surface area contributed by atoms with Gasteiger partial charge in [-0.25, -0.2) is 0 Å². The molecule has 0 spiro atoms. The van der Waals surface area contributed by atoms with E-state index in [1.54, 1.807) is 0 Å². The standard InChI is InChI=1S/C11H13Br2NO/c1-8-4-2-5-9(10(8)13)11(15)14-7-3-6-12/h2,4-5H,3,6-7H2,1H3,(H,14,15). The zero-order valence-electron chi connectivity index (χ0n) is 8.52. The Labute approximate surface area is 107 Å². The van der Waals surface area contributed by atoms with E-state index in [0.717, 1.165) is 21.8 Å². The minimum atomic E-state index is -0.0217. The molecule has 0 atom stereocenters. The topological polar surface area (TPSA) is 29.1 Å². The molecule has 2 nitrogen and oxygen atoms in total. The van der Waals surface area contributed by atoms with Gasteiger partial charge in [0, 0.05) is 16.3 Å². The normalized spacial score (nSPS) is 10.1. The average molecular weight is 335 g/mol. The van der Waals surface area contributed by atoms with Gasteiger partial charge in [0.25, 0.3) is 5.91 Å². The second-order valence-corrected chi connectivity index (χ2v) is 4.82. The second kappa shape index (κ2) is 6.28. The minimum Gasteiger partial charge on any atom is -0.352 e. The number of amides is 1. The van der Waals surface area contributed by atoms with Crippen LogP contribution in [0, 0.1) is 6.92 Å². The number of carbonyl (C=O) groups is 1. The summed E-state index contributed by atoms with van der Waals surface area (Å²) in [4.78, 5) is 11.7. The minimum absolute atomic E-state index is 0.0217. The highest BCUT2D eigenvalue weighted by atomic mass is 79.9. The third-order valence-corrected chi connectivity index (χ3v) is 3.65. The number of hydrogen-bond donors (Lipinski definition) is 1. The molecule has 82 valence electrons. The van der Waals surface area contributed by atoms with Crippen molar-refractivity contribution in [2.24, 2.45) is 0 Å². The highest BCUT2D eigenvalue weighted by Gasteiger charge is 2.09. The molecule has 15 heavy (non-hydrogen) atoms. The fourth-order valence-corrected chi connectivity index (χ4v) is 1.91. The van der Waals surface area contributed by atoms with E-state index in [0.29, 0.717) is 12.1 Å². The third kappa shape index (κ3) is 3.61. The van der Waals surface area contributed by atoms with Gasteiger partial charge in [0.2, 0.25) is 0 Å². The second-order valence-electron chi connectivity index (χ2n) is 3.23. The molecule has 0 bridgehead atoms. The van der Waals surface area contributed by atoms with Crippen molar-refractivity contribution in [2.75, 3.05) is 11.9 Å². The highest BCUT2D eigenvalue weighted by Crippen LogP contribution is 2.20. The Kier molecular flexibility index (Phi) is 5.32. The monoisotopic (exact) mass is 333 g/mol. The van der Waals surface area contributed by atoms with Crippen molar-refractivity contribution in [2.45, 2.75) is 13.3 Å². The first kappa shape index (κ1) is 12.7. The predicted octanol–water partition coefficient (Wildman–Crippen LogP) is 3.27. The molecule has 1 N–H and O–H groups in total. The van der Waals surface area contributed by atoms with Crippen LogP contribution in [0.15, 0.2) is 22.7 Å². The molecule has 0 unspecified atom stereocenters. The summed E-state index contributed by atoms with van der Waals surface area (Å²) in [6.45, 7) is 2.67. The van der Waals surface area contributed by atoms with Crippen LogP contribution in [0.25, 0.3) is 0 Å². The van der Waals surface area contributed by atoms with Gasteiger partial charge in [0.15, 0.2) is 0 Å². The maximum absolute atomic E-state index is 11.7. The lowest BCUT2D eigenvalue weighted by molar-refractivity contribution is 0.0953. The number of rotatable bonds is 4. The van der Waals surface area contributed by atoms with E-state index < -0.39 is 0 Å². The quantitative estimate of drug-likeness (QED) is 0.664. The van der Waals surface area contributed by atoms with E-state index in [2.05, 4.69) is 37.2 Å². The number of carbonyl (C=O) groups excluding carboxylic acids is 1. The third-order valence-electron chi connectivity index (χ3n) is 2.03. The van der Waals surface area contributed by atoms with Crippen molar-refractivity contribution in [1.29, 1.82) is 0 Å². The maximum atomic E-state index is 11.7. The van der Waals surface area contributed by atoms with E-state index in [-0.39, 0.29) is 5.91 Å². The molecular weight excluding hydrogens is 322 g/mol. The first-order valence-corrected chi connectivity index (χ1v) is 6.67. The van der Waals surface area contributed by atoms with Crippen LogP contribution in [0.2, 0.25) is 0 Å².